The number of benzene rings is 2. The number of halogens is 1. The fourth-order valence-corrected chi connectivity index (χ4v) is 5.29. The maximum absolute atomic E-state index is 6.20. The highest BCUT2D eigenvalue weighted by Crippen LogP contribution is 2.36. The highest BCUT2D eigenvalue weighted by Gasteiger charge is 2.21. The number of likely N-dealkylation sites (tertiary alicyclic amines) is 1. The van der Waals surface area contributed by atoms with Crippen molar-refractivity contribution in [3.8, 4) is 11.1 Å². The van der Waals surface area contributed by atoms with E-state index in [2.05, 4.69) is 98.4 Å². The van der Waals surface area contributed by atoms with E-state index in [0.29, 0.717) is 17.4 Å². The van der Waals surface area contributed by atoms with Gasteiger partial charge in [0.2, 0.25) is 0 Å². The lowest BCUT2D eigenvalue weighted by Crippen LogP contribution is -2.44. The molecule has 0 aliphatic carbocycles. The Hall–Kier alpha value is -3.33. The molecule has 0 bridgehead atoms. The van der Waals surface area contributed by atoms with Gasteiger partial charge < -0.3 is 31.1 Å². The average molecular weight is 533 g/mol. The molecule has 0 amide bonds. The second-order valence-corrected chi connectivity index (χ2v) is 10.7. The first-order valence-corrected chi connectivity index (χ1v) is 13.6. The third kappa shape index (κ3) is 6.04. The Bertz CT molecular complexity index is 1280. The molecule has 3 heterocycles. The van der Waals surface area contributed by atoms with Gasteiger partial charge in [0.1, 0.15) is 12.0 Å². The molecular weight excluding hydrogens is 496 g/mol. The largest absolute Gasteiger partial charge is 0.393 e. The Morgan fingerprint density at radius 2 is 1.66 bits per heavy atom. The van der Waals surface area contributed by atoms with Crippen molar-refractivity contribution < 1.29 is 0 Å². The lowest BCUT2D eigenvalue weighted by atomic mass is 9.94. The molecule has 2 aliphatic heterocycles. The van der Waals surface area contributed by atoms with Crippen LogP contribution in [0.1, 0.15) is 12.8 Å². The smallest absolute Gasteiger partial charge is 0.158 e. The van der Waals surface area contributed by atoms with Crippen LogP contribution in [-0.2, 0) is 0 Å². The van der Waals surface area contributed by atoms with Gasteiger partial charge in [-0.15, -0.1) is 0 Å². The van der Waals surface area contributed by atoms with Crippen molar-refractivity contribution in [2.45, 2.75) is 12.8 Å². The molecule has 0 unspecified atom stereocenters. The van der Waals surface area contributed by atoms with E-state index in [9.17, 15) is 0 Å². The van der Waals surface area contributed by atoms with Crippen LogP contribution in [-0.4, -0.2) is 73.1 Å². The van der Waals surface area contributed by atoms with Crippen molar-refractivity contribution >= 4 is 40.2 Å². The van der Waals surface area contributed by atoms with Crippen LogP contribution in [0.2, 0.25) is 5.15 Å². The monoisotopic (exact) mass is 532 g/mol. The molecule has 4 N–H and O–H groups in total. The standard InChI is InChI=1S/C29H37ClN8/c1-20(21-9-11-36(2)12-10-21)34-24-6-4-5-22(17-24)23-7-8-26(38-15-13-37(3)14-16-38)25(18-23)35-29-27(31)28(30)32-19-33-29/h4-8,17-19,21,34H,1,9-16,31H2,2-3H3,(H,32,33,35). The van der Waals surface area contributed by atoms with E-state index in [4.69, 9.17) is 17.3 Å². The van der Waals surface area contributed by atoms with E-state index in [1.54, 1.807) is 0 Å². The zero-order chi connectivity index (χ0) is 26.6. The molecule has 1 aromatic heterocycles. The first-order chi connectivity index (χ1) is 18.4. The Morgan fingerprint density at radius 3 is 2.42 bits per heavy atom. The number of allylic oxidation sites excluding steroid dienone is 1. The predicted octanol–water partition coefficient (Wildman–Crippen LogP) is 5.14. The molecule has 2 aromatic carbocycles. The highest BCUT2D eigenvalue weighted by molar-refractivity contribution is 6.32. The molecule has 200 valence electrons. The summed E-state index contributed by atoms with van der Waals surface area (Å²) in [4.78, 5) is 15.5. The fourth-order valence-electron chi connectivity index (χ4n) is 5.16. The Morgan fingerprint density at radius 1 is 0.947 bits per heavy atom. The van der Waals surface area contributed by atoms with Crippen LogP contribution in [0.25, 0.3) is 11.1 Å². The molecule has 2 aliphatic rings. The summed E-state index contributed by atoms with van der Waals surface area (Å²) in [6, 6.07) is 15.0. The van der Waals surface area contributed by atoms with Gasteiger partial charge in [-0.25, -0.2) is 9.97 Å². The first kappa shape index (κ1) is 26.3. The zero-order valence-electron chi connectivity index (χ0n) is 22.3. The Labute approximate surface area is 230 Å². The average Bonchev–Trinajstić information content (AvgIpc) is 2.92. The minimum atomic E-state index is 0.239. The lowest BCUT2D eigenvalue weighted by molar-refractivity contribution is 0.239. The van der Waals surface area contributed by atoms with Crippen LogP contribution < -0.4 is 21.3 Å². The van der Waals surface area contributed by atoms with Crippen molar-refractivity contribution in [1.29, 1.82) is 0 Å². The van der Waals surface area contributed by atoms with Crippen molar-refractivity contribution in [1.82, 2.24) is 19.8 Å². The van der Waals surface area contributed by atoms with Crippen LogP contribution in [0.3, 0.4) is 0 Å². The SMILES string of the molecule is C=C(Nc1cccc(-c2ccc(N3CCN(C)CC3)c(Nc3ncnc(Cl)c3N)c2)c1)C1CCN(C)CC1. The normalized spacial score (nSPS) is 17.4. The van der Waals surface area contributed by atoms with Gasteiger partial charge in [0.15, 0.2) is 11.0 Å². The second kappa shape index (κ2) is 11.6. The summed E-state index contributed by atoms with van der Waals surface area (Å²) in [5.74, 6) is 1.00. The van der Waals surface area contributed by atoms with E-state index < -0.39 is 0 Å². The molecular formula is C29H37ClN8. The van der Waals surface area contributed by atoms with Crippen LogP contribution in [0.4, 0.5) is 28.6 Å². The Kier molecular flexibility index (Phi) is 8.02. The van der Waals surface area contributed by atoms with Crippen LogP contribution in [0, 0.1) is 5.92 Å². The number of nitrogen functional groups attached to an aromatic ring is 1. The summed E-state index contributed by atoms with van der Waals surface area (Å²) in [5.41, 5.74) is 12.9. The molecule has 8 nitrogen and oxygen atoms in total. The summed E-state index contributed by atoms with van der Waals surface area (Å²) < 4.78 is 0. The number of likely N-dealkylation sites (N-methyl/N-ethyl adjacent to an activating group) is 1. The summed E-state index contributed by atoms with van der Waals surface area (Å²) in [7, 11) is 4.34. The second-order valence-electron chi connectivity index (χ2n) is 10.4. The number of rotatable bonds is 7. The molecule has 3 aromatic rings. The van der Waals surface area contributed by atoms with E-state index in [1.165, 1.54) is 6.33 Å². The van der Waals surface area contributed by atoms with E-state index in [-0.39, 0.29) is 5.15 Å². The van der Waals surface area contributed by atoms with Gasteiger partial charge >= 0.3 is 0 Å². The minimum absolute atomic E-state index is 0.239. The van der Waals surface area contributed by atoms with Gasteiger partial charge in [-0.05, 0) is 75.4 Å². The topological polar surface area (TPSA) is 85.6 Å². The van der Waals surface area contributed by atoms with E-state index in [0.717, 1.165) is 86.0 Å². The molecule has 0 spiro atoms. The van der Waals surface area contributed by atoms with Crippen molar-refractivity contribution in [2.75, 3.05) is 74.6 Å². The molecule has 0 atom stereocenters. The van der Waals surface area contributed by atoms with Crippen molar-refractivity contribution in [3.05, 3.63) is 66.2 Å². The predicted molar refractivity (Wildman–Crippen MR) is 159 cm³/mol. The molecule has 2 fully saturated rings. The number of anilines is 5. The number of piperazine rings is 1. The molecule has 38 heavy (non-hydrogen) atoms. The number of piperidine rings is 1. The number of aromatic nitrogens is 2. The summed E-state index contributed by atoms with van der Waals surface area (Å²) >= 11 is 6.19. The molecule has 0 radical (unpaired) electrons. The Balaban J connectivity index is 1.42. The summed E-state index contributed by atoms with van der Waals surface area (Å²) in [5, 5.41) is 7.27. The third-order valence-corrected chi connectivity index (χ3v) is 7.94. The van der Waals surface area contributed by atoms with Crippen LogP contribution >= 0.6 is 11.6 Å². The van der Waals surface area contributed by atoms with Gasteiger partial charge in [-0.1, -0.05) is 36.4 Å². The summed E-state index contributed by atoms with van der Waals surface area (Å²) in [6.45, 7) is 10.5. The van der Waals surface area contributed by atoms with Gasteiger partial charge in [-0.3, -0.25) is 0 Å². The van der Waals surface area contributed by atoms with Gasteiger partial charge in [0, 0.05) is 43.5 Å². The molecule has 9 heteroatoms. The van der Waals surface area contributed by atoms with Gasteiger partial charge in [0.25, 0.3) is 0 Å². The third-order valence-electron chi connectivity index (χ3n) is 7.64. The van der Waals surface area contributed by atoms with E-state index in [1.807, 2.05) is 0 Å². The number of nitrogens with two attached hydrogens (primary N) is 1. The fraction of sp³-hybridized carbons (Fsp3) is 0.379. The number of hydrogen-bond donors (Lipinski definition) is 3. The van der Waals surface area contributed by atoms with E-state index >= 15 is 0 Å². The summed E-state index contributed by atoms with van der Waals surface area (Å²) in [6.07, 6.45) is 3.70. The quantitative estimate of drug-likeness (QED) is 0.361. The van der Waals surface area contributed by atoms with Crippen molar-refractivity contribution in [3.63, 3.8) is 0 Å². The maximum atomic E-state index is 6.20. The molecule has 2 saturated heterocycles. The highest BCUT2D eigenvalue weighted by atomic mass is 35.5. The number of nitrogens with zero attached hydrogens (tertiary/aromatic N) is 5. The zero-order valence-corrected chi connectivity index (χ0v) is 23.0. The number of hydrogen-bond acceptors (Lipinski definition) is 8. The first-order valence-electron chi connectivity index (χ1n) is 13.2. The van der Waals surface area contributed by atoms with Crippen molar-refractivity contribution in [2.24, 2.45) is 5.92 Å². The van der Waals surface area contributed by atoms with Crippen LogP contribution in [0.5, 0.6) is 0 Å². The van der Waals surface area contributed by atoms with Crippen LogP contribution in [0.15, 0.2) is 61.1 Å². The maximum Gasteiger partial charge on any atom is 0.158 e. The lowest BCUT2D eigenvalue weighted by Gasteiger charge is -2.35. The molecule has 5 rings (SSSR count). The number of nitrogens with one attached hydrogen (secondary N) is 2. The van der Waals surface area contributed by atoms with Gasteiger partial charge in [-0.2, -0.15) is 0 Å². The van der Waals surface area contributed by atoms with Gasteiger partial charge in [0.05, 0.1) is 11.4 Å². The minimum Gasteiger partial charge on any atom is -0.393 e. The molecule has 0 saturated carbocycles.